The number of halogens is 1. The van der Waals surface area contributed by atoms with Gasteiger partial charge in [-0.05, 0) is 42.9 Å². The average Bonchev–Trinajstić information content (AvgIpc) is 2.46. The van der Waals surface area contributed by atoms with E-state index in [1.54, 1.807) is 6.07 Å². The zero-order valence-corrected chi connectivity index (χ0v) is 11.2. The third-order valence-corrected chi connectivity index (χ3v) is 3.65. The SMILES string of the molecule is COc1ccc(CC(NN)C2CCCOC2)cc1F. The van der Waals surface area contributed by atoms with Gasteiger partial charge < -0.3 is 9.47 Å². The molecule has 2 unspecified atom stereocenters. The summed E-state index contributed by atoms with van der Waals surface area (Å²) >= 11 is 0. The van der Waals surface area contributed by atoms with Crippen molar-refractivity contribution in [3.63, 3.8) is 0 Å². The predicted molar refractivity (Wildman–Crippen MR) is 71.3 cm³/mol. The van der Waals surface area contributed by atoms with Crippen molar-refractivity contribution >= 4 is 0 Å². The first-order valence-corrected chi connectivity index (χ1v) is 6.61. The summed E-state index contributed by atoms with van der Waals surface area (Å²) in [5, 5.41) is 0. The first kappa shape index (κ1) is 14.2. The third kappa shape index (κ3) is 3.65. The fourth-order valence-electron chi connectivity index (χ4n) is 2.54. The van der Waals surface area contributed by atoms with Crippen LogP contribution in [0.3, 0.4) is 0 Å². The number of nitrogens with one attached hydrogen (secondary N) is 1. The lowest BCUT2D eigenvalue weighted by molar-refractivity contribution is 0.0393. The monoisotopic (exact) mass is 268 g/mol. The summed E-state index contributed by atoms with van der Waals surface area (Å²) in [7, 11) is 1.46. The molecule has 106 valence electrons. The molecule has 2 rings (SSSR count). The molecule has 3 N–H and O–H groups in total. The Labute approximate surface area is 113 Å². The maximum Gasteiger partial charge on any atom is 0.165 e. The summed E-state index contributed by atoms with van der Waals surface area (Å²) < 4.78 is 24.0. The Morgan fingerprint density at radius 2 is 2.42 bits per heavy atom. The van der Waals surface area contributed by atoms with E-state index in [0.29, 0.717) is 18.9 Å². The highest BCUT2D eigenvalue weighted by Gasteiger charge is 2.23. The van der Waals surface area contributed by atoms with Gasteiger partial charge in [0.1, 0.15) is 0 Å². The Morgan fingerprint density at radius 3 is 3.00 bits per heavy atom. The first-order chi connectivity index (χ1) is 9.24. The second-order valence-electron chi connectivity index (χ2n) is 4.92. The molecule has 1 aromatic carbocycles. The molecule has 4 nitrogen and oxygen atoms in total. The van der Waals surface area contributed by atoms with E-state index < -0.39 is 0 Å². The highest BCUT2D eigenvalue weighted by molar-refractivity contribution is 5.29. The lowest BCUT2D eigenvalue weighted by Gasteiger charge is -2.29. The Bertz CT molecular complexity index is 408. The number of methoxy groups -OCH3 is 1. The number of ether oxygens (including phenoxy) is 2. The molecule has 1 aromatic rings. The number of nitrogens with two attached hydrogens (primary N) is 1. The molecule has 5 heteroatoms. The molecular formula is C14H21FN2O2. The summed E-state index contributed by atoms with van der Waals surface area (Å²) in [4.78, 5) is 0. The van der Waals surface area contributed by atoms with Gasteiger partial charge >= 0.3 is 0 Å². The van der Waals surface area contributed by atoms with E-state index in [1.165, 1.54) is 13.2 Å². The molecule has 2 atom stereocenters. The summed E-state index contributed by atoms with van der Waals surface area (Å²) in [6.07, 6.45) is 2.83. The number of rotatable bonds is 5. The Kier molecular flexibility index (Phi) is 5.13. The molecule has 0 bridgehead atoms. The van der Waals surface area contributed by atoms with Crippen molar-refractivity contribution in [2.45, 2.75) is 25.3 Å². The summed E-state index contributed by atoms with van der Waals surface area (Å²) in [5.41, 5.74) is 3.74. The van der Waals surface area contributed by atoms with Gasteiger partial charge in [-0.3, -0.25) is 11.3 Å². The lowest BCUT2D eigenvalue weighted by atomic mass is 9.89. The number of hydrogen-bond donors (Lipinski definition) is 2. The molecule has 0 aromatic heterocycles. The minimum absolute atomic E-state index is 0.105. The maximum absolute atomic E-state index is 13.6. The Balaban J connectivity index is 2.03. The van der Waals surface area contributed by atoms with Crippen LogP contribution in [0.15, 0.2) is 18.2 Å². The quantitative estimate of drug-likeness (QED) is 0.629. The van der Waals surface area contributed by atoms with E-state index in [0.717, 1.165) is 25.0 Å². The highest BCUT2D eigenvalue weighted by atomic mass is 19.1. The van der Waals surface area contributed by atoms with Crippen LogP contribution in [0.4, 0.5) is 4.39 Å². The van der Waals surface area contributed by atoms with Gasteiger partial charge in [0.05, 0.1) is 13.7 Å². The molecule has 0 amide bonds. The van der Waals surface area contributed by atoms with Crippen LogP contribution in [0.1, 0.15) is 18.4 Å². The van der Waals surface area contributed by atoms with Gasteiger partial charge in [0.2, 0.25) is 0 Å². The van der Waals surface area contributed by atoms with Crippen molar-refractivity contribution in [3.05, 3.63) is 29.6 Å². The lowest BCUT2D eigenvalue weighted by Crippen LogP contribution is -2.45. The largest absolute Gasteiger partial charge is 0.494 e. The minimum atomic E-state index is -0.337. The molecule has 1 fully saturated rings. The van der Waals surface area contributed by atoms with Gasteiger partial charge in [-0.25, -0.2) is 4.39 Å². The minimum Gasteiger partial charge on any atom is -0.494 e. The van der Waals surface area contributed by atoms with Crippen molar-refractivity contribution in [1.82, 2.24) is 5.43 Å². The van der Waals surface area contributed by atoms with Crippen molar-refractivity contribution in [2.24, 2.45) is 11.8 Å². The van der Waals surface area contributed by atoms with E-state index in [1.807, 2.05) is 6.07 Å². The summed E-state index contributed by atoms with van der Waals surface area (Å²) in [6, 6.07) is 5.13. The van der Waals surface area contributed by atoms with Crippen LogP contribution < -0.4 is 16.0 Å². The van der Waals surface area contributed by atoms with Gasteiger partial charge in [0, 0.05) is 12.6 Å². The molecule has 0 radical (unpaired) electrons. The van der Waals surface area contributed by atoms with Crippen LogP contribution in [-0.4, -0.2) is 26.4 Å². The Hall–Kier alpha value is -1.17. The van der Waals surface area contributed by atoms with E-state index in [9.17, 15) is 4.39 Å². The number of benzene rings is 1. The van der Waals surface area contributed by atoms with Crippen LogP contribution in [-0.2, 0) is 11.2 Å². The van der Waals surface area contributed by atoms with Gasteiger partial charge in [-0.2, -0.15) is 0 Å². The fourth-order valence-corrected chi connectivity index (χ4v) is 2.54. The number of hydrazine groups is 1. The van der Waals surface area contributed by atoms with E-state index in [2.05, 4.69) is 5.43 Å². The molecule has 1 heterocycles. The van der Waals surface area contributed by atoms with E-state index in [4.69, 9.17) is 15.3 Å². The summed E-state index contributed by atoms with van der Waals surface area (Å²) in [5.74, 6) is 5.93. The molecule has 1 aliphatic rings. The first-order valence-electron chi connectivity index (χ1n) is 6.61. The van der Waals surface area contributed by atoms with Crippen molar-refractivity contribution in [1.29, 1.82) is 0 Å². The third-order valence-electron chi connectivity index (χ3n) is 3.65. The van der Waals surface area contributed by atoms with Crippen LogP contribution in [0.2, 0.25) is 0 Å². The van der Waals surface area contributed by atoms with Crippen molar-refractivity contribution in [3.8, 4) is 5.75 Å². The molecule has 0 aliphatic carbocycles. The van der Waals surface area contributed by atoms with Crippen molar-refractivity contribution in [2.75, 3.05) is 20.3 Å². The van der Waals surface area contributed by atoms with Crippen molar-refractivity contribution < 1.29 is 13.9 Å². The highest BCUT2D eigenvalue weighted by Crippen LogP contribution is 2.22. The fraction of sp³-hybridized carbons (Fsp3) is 0.571. The van der Waals surface area contributed by atoms with Gasteiger partial charge in [0.15, 0.2) is 11.6 Å². The van der Waals surface area contributed by atoms with Gasteiger partial charge in [-0.15, -0.1) is 0 Å². The smallest absolute Gasteiger partial charge is 0.165 e. The second-order valence-corrected chi connectivity index (χ2v) is 4.92. The number of hydrogen-bond acceptors (Lipinski definition) is 4. The second kappa shape index (κ2) is 6.84. The molecule has 1 saturated heterocycles. The predicted octanol–water partition coefficient (Wildman–Crippen LogP) is 1.64. The molecule has 0 saturated carbocycles. The topological polar surface area (TPSA) is 56.5 Å². The molecule has 0 spiro atoms. The standard InChI is InChI=1S/C14H21FN2O2/c1-18-14-5-4-10(7-12(14)15)8-13(17-16)11-3-2-6-19-9-11/h4-5,7,11,13,17H,2-3,6,8-9,16H2,1H3. The molecular weight excluding hydrogens is 247 g/mol. The Morgan fingerprint density at radius 1 is 1.58 bits per heavy atom. The van der Waals surface area contributed by atoms with Crippen LogP contribution in [0.25, 0.3) is 0 Å². The molecule has 19 heavy (non-hydrogen) atoms. The van der Waals surface area contributed by atoms with E-state index in [-0.39, 0.29) is 17.6 Å². The normalized spacial score (nSPS) is 21.1. The maximum atomic E-state index is 13.6. The zero-order chi connectivity index (χ0) is 13.7. The van der Waals surface area contributed by atoms with Gasteiger partial charge in [-0.1, -0.05) is 6.07 Å². The summed E-state index contributed by atoms with van der Waals surface area (Å²) in [6.45, 7) is 1.54. The van der Waals surface area contributed by atoms with Crippen LogP contribution >= 0.6 is 0 Å². The van der Waals surface area contributed by atoms with Gasteiger partial charge in [0.25, 0.3) is 0 Å². The average molecular weight is 268 g/mol. The zero-order valence-electron chi connectivity index (χ0n) is 11.2. The molecule has 1 aliphatic heterocycles. The van der Waals surface area contributed by atoms with E-state index >= 15 is 0 Å². The van der Waals surface area contributed by atoms with Crippen LogP contribution in [0, 0.1) is 11.7 Å². The van der Waals surface area contributed by atoms with Crippen LogP contribution in [0.5, 0.6) is 5.75 Å².